The maximum Gasteiger partial charge on any atom is 0.243 e. The maximum absolute atomic E-state index is 12.5. The van der Waals surface area contributed by atoms with E-state index < -0.39 is 16.0 Å². The van der Waals surface area contributed by atoms with Crippen molar-refractivity contribution in [2.45, 2.75) is 11.4 Å². The fourth-order valence-electron chi connectivity index (χ4n) is 1.93. The average molecular weight is 383 g/mol. The number of halogens is 1. The molecule has 0 radical (unpaired) electrons. The molecule has 0 fully saturated rings. The Morgan fingerprint density at radius 3 is 2.41 bits per heavy atom. The summed E-state index contributed by atoms with van der Waals surface area (Å²) in [5.41, 5.74) is 0.639. The Hall–Kier alpha value is -1.70. The summed E-state index contributed by atoms with van der Waals surface area (Å²) >= 11 is 3.06. The van der Waals surface area contributed by atoms with Crippen molar-refractivity contribution in [1.29, 1.82) is 0 Å². The predicted octanol–water partition coefficient (Wildman–Crippen LogP) is 1.63. The van der Waals surface area contributed by atoms with E-state index in [0.717, 1.165) is 11.6 Å². The van der Waals surface area contributed by atoms with Gasteiger partial charge in [0, 0.05) is 23.6 Å². The standard InChI is InChI=1S/C15H14BrNO4S/c1-17(10-11-5-3-2-4-6-11)22(20,21)12-7-8-14(16)13(9-12)15(18)19/h2-9H,10H2,1H3,(H,18,19)/p-1. The number of carbonyl (C=O) groups is 1. The first-order chi connectivity index (χ1) is 10.3. The molecular weight excluding hydrogens is 370 g/mol. The second kappa shape index (κ2) is 6.60. The molecule has 0 saturated carbocycles. The Labute approximate surface area is 137 Å². The normalized spacial score (nSPS) is 11.6. The third-order valence-corrected chi connectivity index (χ3v) is 5.60. The minimum absolute atomic E-state index is 0.0895. The van der Waals surface area contributed by atoms with Crippen LogP contribution in [-0.2, 0) is 16.6 Å². The highest BCUT2D eigenvalue weighted by atomic mass is 79.9. The highest BCUT2D eigenvalue weighted by Crippen LogP contribution is 2.23. The fraction of sp³-hybridized carbons (Fsp3) is 0.133. The van der Waals surface area contributed by atoms with Gasteiger partial charge in [0.25, 0.3) is 0 Å². The minimum atomic E-state index is -3.79. The van der Waals surface area contributed by atoms with Crippen LogP contribution in [0.4, 0.5) is 0 Å². The minimum Gasteiger partial charge on any atom is -0.545 e. The second-order valence-corrected chi connectivity index (χ2v) is 7.58. The first-order valence-corrected chi connectivity index (χ1v) is 8.57. The van der Waals surface area contributed by atoms with Crippen LogP contribution in [0.25, 0.3) is 0 Å². The molecule has 0 unspecified atom stereocenters. The monoisotopic (exact) mass is 382 g/mol. The van der Waals surface area contributed by atoms with Gasteiger partial charge in [-0.25, -0.2) is 8.42 Å². The maximum atomic E-state index is 12.5. The SMILES string of the molecule is CN(Cc1ccccc1)S(=O)(=O)c1ccc(Br)c(C(=O)[O-])c1. The molecule has 116 valence electrons. The van der Waals surface area contributed by atoms with E-state index in [1.54, 1.807) is 0 Å². The average Bonchev–Trinajstić information content (AvgIpc) is 2.48. The van der Waals surface area contributed by atoms with Crippen molar-refractivity contribution in [3.05, 3.63) is 64.1 Å². The Balaban J connectivity index is 2.34. The largest absolute Gasteiger partial charge is 0.545 e. The number of carbonyl (C=O) groups excluding carboxylic acids is 1. The number of benzene rings is 2. The number of carboxylic acids is 1. The number of aromatic carboxylic acids is 1. The zero-order valence-electron chi connectivity index (χ0n) is 11.7. The van der Waals surface area contributed by atoms with Crippen molar-refractivity contribution in [2.24, 2.45) is 0 Å². The van der Waals surface area contributed by atoms with Gasteiger partial charge in [0.1, 0.15) is 0 Å². The van der Waals surface area contributed by atoms with Crippen LogP contribution < -0.4 is 5.11 Å². The van der Waals surface area contributed by atoms with Crippen LogP contribution in [0.3, 0.4) is 0 Å². The molecule has 2 rings (SSSR count). The van der Waals surface area contributed by atoms with E-state index in [9.17, 15) is 18.3 Å². The molecule has 0 aliphatic heterocycles. The van der Waals surface area contributed by atoms with E-state index in [4.69, 9.17) is 0 Å². The van der Waals surface area contributed by atoms with E-state index in [-0.39, 0.29) is 21.5 Å². The molecule has 7 heteroatoms. The Morgan fingerprint density at radius 1 is 1.18 bits per heavy atom. The molecule has 2 aromatic rings. The molecule has 0 bridgehead atoms. The second-order valence-electron chi connectivity index (χ2n) is 4.68. The lowest BCUT2D eigenvalue weighted by Crippen LogP contribution is -2.27. The van der Waals surface area contributed by atoms with Crippen LogP contribution in [0.1, 0.15) is 15.9 Å². The topological polar surface area (TPSA) is 77.5 Å². The molecule has 0 atom stereocenters. The lowest BCUT2D eigenvalue weighted by Gasteiger charge is -2.18. The first-order valence-electron chi connectivity index (χ1n) is 6.33. The van der Waals surface area contributed by atoms with Gasteiger partial charge in [-0.2, -0.15) is 4.31 Å². The molecule has 0 saturated heterocycles. The van der Waals surface area contributed by atoms with Gasteiger partial charge in [0.05, 0.1) is 10.9 Å². The molecule has 0 N–H and O–H groups in total. The Morgan fingerprint density at radius 2 is 1.82 bits per heavy atom. The third kappa shape index (κ3) is 3.55. The predicted molar refractivity (Wildman–Crippen MR) is 83.6 cm³/mol. The lowest BCUT2D eigenvalue weighted by atomic mass is 10.2. The van der Waals surface area contributed by atoms with Gasteiger partial charge in [-0.1, -0.05) is 46.3 Å². The summed E-state index contributed by atoms with van der Waals surface area (Å²) in [6.07, 6.45) is 0. The Kier molecular flexibility index (Phi) is 5.00. The van der Waals surface area contributed by atoms with E-state index >= 15 is 0 Å². The van der Waals surface area contributed by atoms with Gasteiger partial charge in [-0.15, -0.1) is 0 Å². The first kappa shape index (κ1) is 16.7. The zero-order chi connectivity index (χ0) is 16.3. The number of rotatable bonds is 5. The van der Waals surface area contributed by atoms with Crippen LogP contribution in [0.15, 0.2) is 57.9 Å². The van der Waals surface area contributed by atoms with E-state index in [1.165, 1.54) is 23.5 Å². The van der Waals surface area contributed by atoms with Crippen LogP contribution in [0.2, 0.25) is 0 Å². The number of hydrogen-bond acceptors (Lipinski definition) is 4. The van der Waals surface area contributed by atoms with Crippen molar-refractivity contribution in [3.8, 4) is 0 Å². The van der Waals surface area contributed by atoms with Crippen LogP contribution in [-0.4, -0.2) is 25.7 Å². The van der Waals surface area contributed by atoms with Gasteiger partial charge >= 0.3 is 0 Å². The molecule has 0 aliphatic carbocycles. The molecule has 0 aliphatic rings. The van der Waals surface area contributed by atoms with Gasteiger partial charge in [0.15, 0.2) is 0 Å². The molecule has 2 aromatic carbocycles. The van der Waals surface area contributed by atoms with E-state index in [2.05, 4.69) is 15.9 Å². The van der Waals surface area contributed by atoms with Crippen LogP contribution in [0, 0.1) is 0 Å². The number of carboxylic acid groups (broad SMARTS) is 1. The van der Waals surface area contributed by atoms with Crippen molar-refractivity contribution in [3.63, 3.8) is 0 Å². The van der Waals surface area contributed by atoms with Gasteiger partial charge in [-0.3, -0.25) is 0 Å². The molecule has 0 amide bonds. The molecule has 0 heterocycles. The quantitative estimate of drug-likeness (QED) is 0.787. The van der Waals surface area contributed by atoms with Crippen molar-refractivity contribution in [1.82, 2.24) is 4.31 Å². The summed E-state index contributed by atoms with van der Waals surface area (Å²) in [7, 11) is -2.34. The number of sulfonamides is 1. The summed E-state index contributed by atoms with van der Waals surface area (Å²) in [6, 6.07) is 13.0. The smallest absolute Gasteiger partial charge is 0.243 e. The van der Waals surface area contributed by atoms with Crippen LogP contribution >= 0.6 is 15.9 Å². The third-order valence-electron chi connectivity index (χ3n) is 3.11. The molecule has 22 heavy (non-hydrogen) atoms. The summed E-state index contributed by atoms with van der Waals surface area (Å²) in [4.78, 5) is 10.9. The molecular formula is C15H13BrNO4S-. The molecule has 0 aromatic heterocycles. The van der Waals surface area contributed by atoms with Crippen molar-refractivity contribution >= 4 is 31.9 Å². The fourth-order valence-corrected chi connectivity index (χ4v) is 3.52. The van der Waals surface area contributed by atoms with Gasteiger partial charge < -0.3 is 9.90 Å². The summed E-state index contributed by atoms with van der Waals surface area (Å²) in [5, 5.41) is 11.0. The highest BCUT2D eigenvalue weighted by Gasteiger charge is 2.22. The molecule has 0 spiro atoms. The summed E-state index contributed by atoms with van der Waals surface area (Å²) in [5.74, 6) is -1.44. The summed E-state index contributed by atoms with van der Waals surface area (Å²) in [6.45, 7) is 0.194. The van der Waals surface area contributed by atoms with Gasteiger partial charge in [0.2, 0.25) is 10.0 Å². The van der Waals surface area contributed by atoms with E-state index in [1.807, 2.05) is 30.3 Å². The summed E-state index contributed by atoms with van der Waals surface area (Å²) < 4.78 is 26.5. The van der Waals surface area contributed by atoms with Gasteiger partial charge in [-0.05, 0) is 23.8 Å². The van der Waals surface area contributed by atoms with Crippen molar-refractivity contribution < 1.29 is 18.3 Å². The van der Waals surface area contributed by atoms with E-state index in [0.29, 0.717) is 0 Å². The van der Waals surface area contributed by atoms with Crippen molar-refractivity contribution in [2.75, 3.05) is 7.05 Å². The Bertz CT molecular complexity index is 790. The number of nitrogens with zero attached hydrogens (tertiary/aromatic N) is 1. The van der Waals surface area contributed by atoms with Crippen LogP contribution in [0.5, 0.6) is 0 Å². The molecule has 5 nitrogen and oxygen atoms in total. The lowest BCUT2D eigenvalue weighted by molar-refractivity contribution is -0.255. The highest BCUT2D eigenvalue weighted by molar-refractivity contribution is 9.10. The zero-order valence-corrected chi connectivity index (χ0v) is 14.1. The number of hydrogen-bond donors (Lipinski definition) is 0.